The second-order valence-corrected chi connectivity index (χ2v) is 6.13. The lowest BCUT2D eigenvalue weighted by Gasteiger charge is -2.15. The number of rotatable bonds is 10. The van der Waals surface area contributed by atoms with Gasteiger partial charge >= 0.3 is 0 Å². The molecule has 0 bridgehead atoms. The van der Waals surface area contributed by atoms with Crippen LogP contribution in [0.3, 0.4) is 0 Å². The summed E-state index contributed by atoms with van der Waals surface area (Å²) in [5, 5.41) is 4.02. The van der Waals surface area contributed by atoms with Gasteiger partial charge in [-0.15, -0.1) is 0 Å². The molecule has 136 valence electrons. The molecule has 0 aliphatic rings. The van der Waals surface area contributed by atoms with Gasteiger partial charge in [0.2, 0.25) is 0 Å². The van der Waals surface area contributed by atoms with Crippen LogP contribution in [0, 0.1) is 5.82 Å². The monoisotopic (exact) mass is 365 g/mol. The standard InChI is InChI=1S/C20H25ClFNO2/c1-3-11-25-20-13-18(21)16(12-19(20)24-4-2)14-23-10-9-15-5-7-17(22)8-6-15/h5-8,12-13,23H,3-4,9-11,14H2,1-2H3. The van der Waals surface area contributed by atoms with Crippen molar-refractivity contribution in [2.75, 3.05) is 19.8 Å². The fourth-order valence-electron chi connectivity index (χ4n) is 2.41. The van der Waals surface area contributed by atoms with E-state index in [1.807, 2.05) is 19.1 Å². The molecular weight excluding hydrogens is 341 g/mol. The van der Waals surface area contributed by atoms with Gasteiger partial charge in [0.15, 0.2) is 11.5 Å². The van der Waals surface area contributed by atoms with Gasteiger partial charge in [-0.05, 0) is 55.6 Å². The Morgan fingerprint density at radius 1 is 1.04 bits per heavy atom. The minimum atomic E-state index is -0.211. The molecule has 0 saturated carbocycles. The van der Waals surface area contributed by atoms with E-state index >= 15 is 0 Å². The van der Waals surface area contributed by atoms with Gasteiger partial charge in [-0.3, -0.25) is 0 Å². The van der Waals surface area contributed by atoms with Crippen molar-refractivity contribution in [1.29, 1.82) is 0 Å². The molecule has 25 heavy (non-hydrogen) atoms. The third kappa shape index (κ3) is 6.22. The number of ether oxygens (including phenoxy) is 2. The summed E-state index contributed by atoms with van der Waals surface area (Å²) >= 11 is 6.38. The highest BCUT2D eigenvalue weighted by atomic mass is 35.5. The van der Waals surface area contributed by atoms with Crippen LogP contribution in [0.2, 0.25) is 5.02 Å². The van der Waals surface area contributed by atoms with E-state index in [2.05, 4.69) is 12.2 Å². The molecule has 0 saturated heterocycles. The van der Waals surface area contributed by atoms with E-state index in [4.69, 9.17) is 21.1 Å². The van der Waals surface area contributed by atoms with Gasteiger partial charge in [0.1, 0.15) is 5.82 Å². The van der Waals surface area contributed by atoms with Crippen LogP contribution in [-0.4, -0.2) is 19.8 Å². The summed E-state index contributed by atoms with van der Waals surface area (Å²) in [4.78, 5) is 0. The Labute approximate surface area is 154 Å². The topological polar surface area (TPSA) is 30.5 Å². The normalized spacial score (nSPS) is 10.7. The van der Waals surface area contributed by atoms with Crippen molar-refractivity contribution in [2.45, 2.75) is 33.2 Å². The fourth-order valence-corrected chi connectivity index (χ4v) is 2.63. The highest BCUT2D eigenvalue weighted by Crippen LogP contribution is 2.33. The molecule has 0 fully saturated rings. The molecule has 0 unspecified atom stereocenters. The summed E-state index contributed by atoms with van der Waals surface area (Å²) in [5.74, 6) is 1.19. The van der Waals surface area contributed by atoms with Crippen LogP contribution in [0.25, 0.3) is 0 Å². The van der Waals surface area contributed by atoms with Gasteiger partial charge in [-0.2, -0.15) is 0 Å². The molecule has 2 rings (SSSR count). The zero-order valence-corrected chi connectivity index (χ0v) is 15.5. The van der Waals surface area contributed by atoms with Gasteiger partial charge in [0, 0.05) is 17.6 Å². The Morgan fingerprint density at radius 3 is 2.44 bits per heavy atom. The molecule has 0 radical (unpaired) electrons. The molecule has 0 spiro atoms. The highest BCUT2D eigenvalue weighted by molar-refractivity contribution is 6.31. The van der Waals surface area contributed by atoms with Crippen LogP contribution in [0.4, 0.5) is 4.39 Å². The van der Waals surface area contributed by atoms with Crippen molar-refractivity contribution >= 4 is 11.6 Å². The largest absolute Gasteiger partial charge is 0.490 e. The molecule has 0 heterocycles. The van der Waals surface area contributed by atoms with Crippen molar-refractivity contribution in [3.05, 3.63) is 58.4 Å². The quantitative estimate of drug-likeness (QED) is 0.601. The average molecular weight is 366 g/mol. The van der Waals surface area contributed by atoms with Gasteiger partial charge in [-0.1, -0.05) is 30.7 Å². The Morgan fingerprint density at radius 2 is 1.76 bits per heavy atom. The van der Waals surface area contributed by atoms with E-state index in [0.717, 1.165) is 36.3 Å². The maximum atomic E-state index is 12.9. The van der Waals surface area contributed by atoms with Crippen LogP contribution in [0.1, 0.15) is 31.4 Å². The van der Waals surface area contributed by atoms with Crippen LogP contribution in [-0.2, 0) is 13.0 Å². The summed E-state index contributed by atoms with van der Waals surface area (Å²) in [5.41, 5.74) is 2.06. The summed E-state index contributed by atoms with van der Waals surface area (Å²) in [6, 6.07) is 10.3. The fraction of sp³-hybridized carbons (Fsp3) is 0.400. The number of hydrogen-bond donors (Lipinski definition) is 1. The van der Waals surface area contributed by atoms with E-state index in [1.165, 1.54) is 12.1 Å². The maximum absolute atomic E-state index is 12.9. The molecule has 3 nitrogen and oxygen atoms in total. The summed E-state index contributed by atoms with van der Waals surface area (Å²) in [7, 11) is 0. The van der Waals surface area contributed by atoms with E-state index in [0.29, 0.717) is 30.5 Å². The molecule has 0 aliphatic carbocycles. The lowest BCUT2D eigenvalue weighted by Crippen LogP contribution is -2.17. The van der Waals surface area contributed by atoms with Crippen molar-refractivity contribution < 1.29 is 13.9 Å². The first-order chi connectivity index (χ1) is 12.1. The van der Waals surface area contributed by atoms with Crippen LogP contribution >= 0.6 is 11.6 Å². The third-order valence-corrected chi connectivity index (χ3v) is 4.05. The highest BCUT2D eigenvalue weighted by Gasteiger charge is 2.11. The van der Waals surface area contributed by atoms with Crippen molar-refractivity contribution in [3.8, 4) is 11.5 Å². The van der Waals surface area contributed by atoms with Gasteiger partial charge in [0.25, 0.3) is 0 Å². The minimum Gasteiger partial charge on any atom is -0.490 e. The summed E-state index contributed by atoms with van der Waals surface area (Å²) in [6.07, 6.45) is 1.75. The lowest BCUT2D eigenvalue weighted by atomic mass is 10.1. The second kappa shape index (κ2) is 10.3. The molecule has 0 aliphatic heterocycles. The molecular formula is C20H25ClFNO2. The molecule has 0 atom stereocenters. The molecule has 0 aromatic heterocycles. The zero-order valence-electron chi connectivity index (χ0n) is 14.8. The Hall–Kier alpha value is -1.78. The van der Waals surface area contributed by atoms with Crippen molar-refractivity contribution in [2.24, 2.45) is 0 Å². The molecule has 2 aromatic rings. The second-order valence-electron chi connectivity index (χ2n) is 5.73. The summed E-state index contributed by atoms with van der Waals surface area (Å²) in [6.45, 7) is 6.61. The van der Waals surface area contributed by atoms with E-state index < -0.39 is 0 Å². The number of hydrogen-bond acceptors (Lipinski definition) is 3. The molecule has 0 amide bonds. The van der Waals surface area contributed by atoms with Gasteiger partial charge in [0.05, 0.1) is 13.2 Å². The lowest BCUT2D eigenvalue weighted by molar-refractivity contribution is 0.276. The minimum absolute atomic E-state index is 0.211. The summed E-state index contributed by atoms with van der Waals surface area (Å²) < 4.78 is 24.3. The van der Waals surface area contributed by atoms with Crippen molar-refractivity contribution in [3.63, 3.8) is 0 Å². The Kier molecular flexibility index (Phi) is 8.02. The van der Waals surface area contributed by atoms with Gasteiger partial charge in [-0.25, -0.2) is 4.39 Å². The van der Waals surface area contributed by atoms with E-state index in [1.54, 1.807) is 12.1 Å². The molecule has 5 heteroatoms. The van der Waals surface area contributed by atoms with E-state index in [9.17, 15) is 4.39 Å². The first-order valence-corrected chi connectivity index (χ1v) is 9.05. The molecule has 2 aromatic carbocycles. The SMILES string of the molecule is CCCOc1cc(Cl)c(CNCCc2ccc(F)cc2)cc1OCC. The smallest absolute Gasteiger partial charge is 0.162 e. The van der Waals surface area contributed by atoms with Crippen molar-refractivity contribution in [1.82, 2.24) is 5.32 Å². The predicted molar refractivity (Wildman–Crippen MR) is 100 cm³/mol. The number of benzene rings is 2. The number of nitrogens with one attached hydrogen (secondary N) is 1. The van der Waals surface area contributed by atoms with Crippen LogP contribution in [0.15, 0.2) is 36.4 Å². The average Bonchev–Trinajstić information content (AvgIpc) is 2.61. The van der Waals surface area contributed by atoms with Gasteiger partial charge < -0.3 is 14.8 Å². The third-order valence-electron chi connectivity index (χ3n) is 3.69. The zero-order chi connectivity index (χ0) is 18.1. The Bertz CT molecular complexity index is 661. The first-order valence-electron chi connectivity index (χ1n) is 8.67. The first kappa shape index (κ1) is 19.5. The van der Waals surface area contributed by atoms with Crippen LogP contribution < -0.4 is 14.8 Å². The van der Waals surface area contributed by atoms with E-state index in [-0.39, 0.29) is 5.82 Å². The number of halogens is 2. The maximum Gasteiger partial charge on any atom is 0.162 e. The predicted octanol–water partition coefficient (Wildman–Crippen LogP) is 5.00. The molecule has 1 N–H and O–H groups in total. The Balaban J connectivity index is 1.93. The van der Waals surface area contributed by atoms with Crippen LogP contribution in [0.5, 0.6) is 11.5 Å².